The summed E-state index contributed by atoms with van der Waals surface area (Å²) in [7, 11) is 1.29. The molecule has 9 N–H and O–H groups in total. The van der Waals surface area contributed by atoms with Crippen molar-refractivity contribution >= 4 is 63.3 Å². The van der Waals surface area contributed by atoms with E-state index in [0.717, 1.165) is 26.6 Å². The molecule has 0 aliphatic heterocycles. The molecule has 0 radical (unpaired) electrons. The Balaban J connectivity index is 1.36. The second kappa shape index (κ2) is 21.6. The van der Waals surface area contributed by atoms with E-state index in [1.807, 2.05) is 24.3 Å². The molecule has 338 valence electrons. The van der Waals surface area contributed by atoms with E-state index in [4.69, 9.17) is 10.5 Å². The van der Waals surface area contributed by atoms with Crippen molar-refractivity contribution < 1.29 is 48.5 Å². The number of hydrogen-bond acceptors (Lipinski definition) is 9. The first-order valence-electron chi connectivity index (χ1n) is 20.9. The molecule has 0 saturated heterocycles. The van der Waals surface area contributed by atoms with Gasteiger partial charge in [0.05, 0.1) is 6.42 Å². The van der Waals surface area contributed by atoms with Gasteiger partial charge >= 0.3 is 12.1 Å². The molecule has 0 fully saturated rings. The average Bonchev–Trinajstić information content (AvgIpc) is 3.65. The van der Waals surface area contributed by atoms with Crippen molar-refractivity contribution in [3.63, 3.8) is 0 Å². The van der Waals surface area contributed by atoms with Gasteiger partial charge in [-0.05, 0) is 92.3 Å². The number of unbranched alkanes of at least 4 members (excludes halogenated alkanes) is 1. The van der Waals surface area contributed by atoms with Gasteiger partial charge < -0.3 is 51.8 Å². The second-order valence-electron chi connectivity index (χ2n) is 16.5. The predicted molar refractivity (Wildman–Crippen MR) is 239 cm³/mol. The lowest BCUT2D eigenvalue weighted by Crippen LogP contribution is -2.59. The van der Waals surface area contributed by atoms with Crippen molar-refractivity contribution in [3.8, 4) is 5.75 Å². The van der Waals surface area contributed by atoms with E-state index >= 15 is 0 Å². The smallest absolute Gasteiger partial charge is 0.408 e. The molecule has 64 heavy (non-hydrogen) atoms. The molecular weight excluding hydrogens is 823 g/mol. The van der Waals surface area contributed by atoms with E-state index in [0.29, 0.717) is 23.1 Å². The van der Waals surface area contributed by atoms with E-state index in [-0.39, 0.29) is 43.9 Å². The van der Waals surface area contributed by atoms with Crippen LogP contribution in [-0.4, -0.2) is 105 Å². The number of benzene rings is 4. The fraction of sp³-hybridized carbons (Fsp3) is 0.340. The standard InChI is InChI=1S/C47H55N7O10/c1-47(2,3)64-46(63)53-37(25-32-27-50-35-15-9-8-14-34(32)35)44(61)51-36(16-10-11-21-49-42(59)31-18-17-30-24-33(55)20-19-29(30)23-31)43(60)52-38(26-40(56)57)45(62)54(4)39(41(48)58)22-28-12-6-5-7-13-28/h5-9,12-15,17-20,23-24,27,36-39,50,55H,10-11,16,21-22,25-26H2,1-4H3,(H2,48,58)(H,49,59)(H,51,61)(H,52,60)(H,53,63)(H,56,57)/t36-,37-,38-,39-/m0/s1. The summed E-state index contributed by atoms with van der Waals surface area (Å²) in [6.45, 7) is 5.17. The summed E-state index contributed by atoms with van der Waals surface area (Å²) in [5, 5.41) is 32.6. The van der Waals surface area contributed by atoms with Crippen LogP contribution in [-0.2, 0) is 41.6 Å². The first kappa shape index (κ1) is 47.6. The van der Waals surface area contributed by atoms with Crippen LogP contribution < -0.4 is 27.0 Å². The number of phenols is 1. The molecular formula is C47H55N7O10. The molecule has 0 unspecified atom stereocenters. The number of hydrogen-bond donors (Lipinski definition) is 8. The highest BCUT2D eigenvalue weighted by Gasteiger charge is 2.35. The number of carbonyl (C=O) groups excluding carboxylic acids is 6. The number of alkyl carbamates (subject to hydrolysis) is 1. The van der Waals surface area contributed by atoms with Crippen molar-refractivity contribution in [1.29, 1.82) is 0 Å². The van der Waals surface area contributed by atoms with E-state index < -0.39 is 71.9 Å². The van der Waals surface area contributed by atoms with Gasteiger partial charge in [-0.15, -0.1) is 0 Å². The molecule has 0 bridgehead atoms. The number of fused-ring (bicyclic) bond motifs is 2. The summed E-state index contributed by atoms with van der Waals surface area (Å²) >= 11 is 0. The topological polar surface area (TPSA) is 262 Å². The number of aromatic nitrogens is 1. The number of aromatic amines is 1. The number of H-pyrrole nitrogens is 1. The average molecular weight is 878 g/mol. The number of amides is 6. The number of nitrogens with two attached hydrogens (primary N) is 1. The van der Waals surface area contributed by atoms with Gasteiger partial charge in [-0.25, -0.2) is 4.79 Å². The number of nitrogens with zero attached hydrogens (tertiary/aromatic N) is 1. The minimum atomic E-state index is -1.68. The molecule has 0 spiro atoms. The molecule has 17 nitrogen and oxygen atoms in total. The third kappa shape index (κ3) is 13.5. The lowest BCUT2D eigenvalue weighted by molar-refractivity contribution is -0.146. The number of rotatable bonds is 20. The zero-order valence-corrected chi connectivity index (χ0v) is 36.2. The molecule has 0 aliphatic carbocycles. The predicted octanol–water partition coefficient (Wildman–Crippen LogP) is 4.06. The van der Waals surface area contributed by atoms with Crippen molar-refractivity contribution in [2.45, 2.75) is 89.1 Å². The normalized spacial score (nSPS) is 13.2. The van der Waals surface area contributed by atoms with Gasteiger partial charge in [0.15, 0.2) is 0 Å². The number of aliphatic carboxylic acids is 1. The number of aromatic hydroxyl groups is 1. The number of carboxylic acid groups (broad SMARTS) is 1. The van der Waals surface area contributed by atoms with Gasteiger partial charge in [-0.2, -0.15) is 0 Å². The minimum absolute atomic E-state index is 0.0216. The van der Waals surface area contributed by atoms with Crippen LogP contribution in [0.1, 0.15) is 67.9 Å². The molecule has 0 aliphatic rings. The number of para-hydroxylation sites is 1. The van der Waals surface area contributed by atoms with Crippen LogP contribution in [0.15, 0.2) is 97.2 Å². The molecule has 6 amide bonds. The molecule has 5 rings (SSSR count). The van der Waals surface area contributed by atoms with Crippen molar-refractivity contribution in [3.05, 3.63) is 114 Å². The first-order chi connectivity index (χ1) is 30.4. The first-order valence-corrected chi connectivity index (χ1v) is 20.9. The summed E-state index contributed by atoms with van der Waals surface area (Å²) in [5.74, 6) is -5.12. The van der Waals surface area contributed by atoms with E-state index in [9.17, 15) is 43.8 Å². The summed E-state index contributed by atoms with van der Waals surface area (Å²) in [5.41, 5.74) is 7.35. The van der Waals surface area contributed by atoms with Gasteiger partial charge in [0.25, 0.3) is 5.91 Å². The Morgan fingerprint density at radius 3 is 2.14 bits per heavy atom. The quantitative estimate of drug-likeness (QED) is 0.0520. The van der Waals surface area contributed by atoms with Crippen molar-refractivity contribution in [2.24, 2.45) is 5.73 Å². The summed E-state index contributed by atoms with van der Waals surface area (Å²) in [6.07, 6.45) is 0.504. The van der Waals surface area contributed by atoms with Crippen LogP contribution in [0.5, 0.6) is 5.75 Å². The number of nitrogens with one attached hydrogen (secondary N) is 5. The third-order valence-corrected chi connectivity index (χ3v) is 10.4. The van der Waals surface area contributed by atoms with Crippen LogP contribution >= 0.6 is 0 Å². The zero-order chi connectivity index (χ0) is 46.6. The van der Waals surface area contributed by atoms with Gasteiger partial charge in [-0.3, -0.25) is 28.8 Å². The summed E-state index contributed by atoms with van der Waals surface area (Å²) in [6, 6.07) is 20.4. The Morgan fingerprint density at radius 2 is 1.44 bits per heavy atom. The fourth-order valence-electron chi connectivity index (χ4n) is 7.18. The van der Waals surface area contributed by atoms with Gasteiger partial charge in [0.1, 0.15) is 35.5 Å². The van der Waals surface area contributed by atoms with Crippen LogP contribution in [0.4, 0.5) is 4.79 Å². The monoisotopic (exact) mass is 877 g/mol. The Hall–Kier alpha value is -7.43. The van der Waals surface area contributed by atoms with E-state index in [1.54, 1.807) is 87.6 Å². The van der Waals surface area contributed by atoms with Gasteiger partial charge in [-0.1, -0.05) is 60.7 Å². The lowest BCUT2D eigenvalue weighted by atomic mass is 10.0. The third-order valence-electron chi connectivity index (χ3n) is 10.4. The lowest BCUT2D eigenvalue weighted by Gasteiger charge is -2.30. The van der Waals surface area contributed by atoms with Gasteiger partial charge in [0.2, 0.25) is 23.6 Å². The number of primary amides is 1. The van der Waals surface area contributed by atoms with E-state index in [1.165, 1.54) is 13.1 Å². The summed E-state index contributed by atoms with van der Waals surface area (Å²) in [4.78, 5) is 97.4. The van der Waals surface area contributed by atoms with Crippen LogP contribution in [0.25, 0.3) is 21.7 Å². The minimum Gasteiger partial charge on any atom is -0.508 e. The van der Waals surface area contributed by atoms with Crippen LogP contribution in [0.3, 0.4) is 0 Å². The second-order valence-corrected chi connectivity index (χ2v) is 16.5. The Kier molecular flexibility index (Phi) is 16.1. The highest BCUT2D eigenvalue weighted by molar-refractivity contribution is 5.99. The number of likely N-dealkylation sites (N-methyl/N-ethyl adjacent to an activating group) is 1. The number of carboxylic acids is 1. The number of ether oxygens (including phenoxy) is 1. The molecule has 17 heteroatoms. The fourth-order valence-corrected chi connectivity index (χ4v) is 7.18. The highest BCUT2D eigenvalue weighted by Crippen LogP contribution is 2.22. The molecule has 4 atom stereocenters. The Labute approximate surface area is 370 Å². The molecule has 4 aromatic carbocycles. The number of phenolic OH excluding ortho intramolecular Hbond substituents is 1. The number of carbonyl (C=O) groups is 7. The van der Waals surface area contributed by atoms with Crippen molar-refractivity contribution in [2.75, 3.05) is 13.6 Å². The molecule has 5 aromatic rings. The zero-order valence-electron chi connectivity index (χ0n) is 36.2. The Bertz CT molecular complexity index is 2480. The maximum atomic E-state index is 14.2. The SMILES string of the molecule is CN(C(=O)[C@H](CC(=O)O)NC(=O)[C@H](CCCCNC(=O)c1ccc2cc(O)ccc2c1)NC(=O)[C@H](Cc1c[nH]c2ccccc12)NC(=O)OC(C)(C)C)[C@@H](Cc1ccccc1)C(N)=O. The van der Waals surface area contributed by atoms with E-state index in [2.05, 4.69) is 26.3 Å². The summed E-state index contributed by atoms with van der Waals surface area (Å²) < 4.78 is 5.47. The maximum Gasteiger partial charge on any atom is 0.408 e. The van der Waals surface area contributed by atoms with Crippen LogP contribution in [0.2, 0.25) is 0 Å². The Morgan fingerprint density at radius 1 is 0.781 bits per heavy atom. The molecule has 0 saturated carbocycles. The molecule has 1 heterocycles. The molecule has 1 aromatic heterocycles. The van der Waals surface area contributed by atoms with Gasteiger partial charge in [0, 0.05) is 49.1 Å². The van der Waals surface area contributed by atoms with Crippen molar-refractivity contribution in [1.82, 2.24) is 31.2 Å². The maximum absolute atomic E-state index is 14.2. The highest BCUT2D eigenvalue weighted by atomic mass is 16.6. The largest absolute Gasteiger partial charge is 0.508 e. The van der Waals surface area contributed by atoms with Crippen LogP contribution in [0, 0.1) is 0 Å².